The quantitative estimate of drug-likeness (QED) is 0.644. The number of carbonyl (C=O) groups excluding carboxylic acids is 1. The summed E-state index contributed by atoms with van der Waals surface area (Å²) in [6.45, 7) is 1.99. The van der Waals surface area contributed by atoms with E-state index in [1.807, 2.05) is 37.3 Å². The van der Waals surface area contributed by atoms with Gasteiger partial charge in [-0.2, -0.15) is 0 Å². The van der Waals surface area contributed by atoms with Crippen LogP contribution in [0.2, 0.25) is 0 Å². The number of amides is 1. The zero-order chi connectivity index (χ0) is 18.4. The van der Waals surface area contributed by atoms with Gasteiger partial charge in [-0.05, 0) is 35.8 Å². The standard InChI is InChI=1S/C21H20FN3O/c1-2-18(21-23-14-19(25-21)16-6-4-3-5-7-16)24-20(26)13-10-15-8-11-17(22)12-9-15/h3-14,18H,2H2,1H3,(H,23,25)(H,24,26)/b13-10+/t18-/m1/s1. The molecule has 2 N–H and O–H groups in total. The first kappa shape index (κ1) is 17.6. The Hall–Kier alpha value is -3.21. The molecule has 1 atom stereocenters. The van der Waals surface area contributed by atoms with Crippen LogP contribution >= 0.6 is 0 Å². The lowest BCUT2D eigenvalue weighted by atomic mass is 10.2. The second kappa shape index (κ2) is 8.25. The summed E-state index contributed by atoms with van der Waals surface area (Å²) in [7, 11) is 0. The predicted molar refractivity (Wildman–Crippen MR) is 101 cm³/mol. The number of nitrogens with one attached hydrogen (secondary N) is 2. The molecule has 0 aliphatic carbocycles. The van der Waals surface area contributed by atoms with E-state index in [-0.39, 0.29) is 17.8 Å². The minimum absolute atomic E-state index is 0.210. The highest BCUT2D eigenvalue weighted by molar-refractivity contribution is 5.91. The highest BCUT2D eigenvalue weighted by Crippen LogP contribution is 2.20. The summed E-state index contributed by atoms with van der Waals surface area (Å²) in [5, 5.41) is 2.94. The molecule has 4 nitrogen and oxygen atoms in total. The number of benzene rings is 2. The molecule has 0 spiro atoms. The summed E-state index contributed by atoms with van der Waals surface area (Å²) >= 11 is 0. The molecule has 0 radical (unpaired) electrons. The number of nitrogens with zero attached hydrogens (tertiary/aromatic N) is 1. The van der Waals surface area contributed by atoms with Gasteiger partial charge >= 0.3 is 0 Å². The first-order chi connectivity index (χ1) is 12.7. The van der Waals surface area contributed by atoms with Crippen LogP contribution in [0.1, 0.15) is 30.8 Å². The lowest BCUT2D eigenvalue weighted by molar-refractivity contribution is -0.117. The third-order valence-electron chi connectivity index (χ3n) is 4.03. The highest BCUT2D eigenvalue weighted by atomic mass is 19.1. The van der Waals surface area contributed by atoms with Crippen LogP contribution in [0, 0.1) is 5.82 Å². The minimum Gasteiger partial charge on any atom is -0.343 e. The average Bonchev–Trinajstić information content (AvgIpc) is 3.16. The molecule has 132 valence electrons. The lowest BCUT2D eigenvalue weighted by Crippen LogP contribution is -2.27. The van der Waals surface area contributed by atoms with Gasteiger partial charge in [-0.3, -0.25) is 4.79 Å². The average molecular weight is 349 g/mol. The Bertz CT molecular complexity index is 885. The fourth-order valence-electron chi connectivity index (χ4n) is 2.61. The number of hydrogen-bond donors (Lipinski definition) is 2. The SMILES string of the molecule is CC[C@@H](NC(=O)/C=C/c1ccc(F)cc1)c1ncc(-c2ccccc2)[nH]1. The number of H-pyrrole nitrogens is 1. The maximum Gasteiger partial charge on any atom is 0.244 e. The number of imidazole rings is 1. The molecule has 0 fully saturated rings. The number of rotatable bonds is 6. The van der Waals surface area contributed by atoms with E-state index in [2.05, 4.69) is 15.3 Å². The van der Waals surface area contributed by atoms with Gasteiger partial charge in [0.25, 0.3) is 0 Å². The number of aromatic amines is 1. The van der Waals surface area contributed by atoms with Gasteiger partial charge in [0.05, 0.1) is 17.9 Å². The van der Waals surface area contributed by atoms with Crippen LogP contribution in [-0.2, 0) is 4.79 Å². The van der Waals surface area contributed by atoms with Crippen molar-refractivity contribution < 1.29 is 9.18 Å². The molecule has 3 rings (SSSR count). The molecular formula is C21H20FN3O. The highest BCUT2D eigenvalue weighted by Gasteiger charge is 2.15. The van der Waals surface area contributed by atoms with Crippen molar-refractivity contribution in [3.05, 3.63) is 84.1 Å². The predicted octanol–water partition coefficient (Wildman–Crippen LogP) is 4.50. The maximum absolute atomic E-state index is 12.9. The summed E-state index contributed by atoms with van der Waals surface area (Å²) < 4.78 is 12.9. The molecule has 0 saturated carbocycles. The Morgan fingerprint density at radius 3 is 2.62 bits per heavy atom. The van der Waals surface area contributed by atoms with Crippen molar-refractivity contribution in [2.75, 3.05) is 0 Å². The molecule has 2 aromatic carbocycles. The van der Waals surface area contributed by atoms with Gasteiger partial charge in [0, 0.05) is 6.08 Å². The largest absolute Gasteiger partial charge is 0.343 e. The van der Waals surface area contributed by atoms with Crippen molar-refractivity contribution in [1.29, 1.82) is 0 Å². The topological polar surface area (TPSA) is 57.8 Å². The summed E-state index contributed by atoms with van der Waals surface area (Å²) in [6.07, 6.45) is 5.57. The molecule has 3 aromatic rings. The normalized spacial score (nSPS) is 12.2. The van der Waals surface area contributed by atoms with Gasteiger partial charge in [0.2, 0.25) is 5.91 Å². The fraction of sp³-hybridized carbons (Fsp3) is 0.143. The molecule has 26 heavy (non-hydrogen) atoms. The third kappa shape index (κ3) is 4.45. The van der Waals surface area contributed by atoms with E-state index in [1.165, 1.54) is 18.2 Å². The Labute approximate surface area is 151 Å². The second-order valence-corrected chi connectivity index (χ2v) is 5.90. The molecule has 1 amide bonds. The first-order valence-corrected chi connectivity index (χ1v) is 8.50. The Balaban J connectivity index is 1.66. The van der Waals surface area contributed by atoms with Crippen molar-refractivity contribution in [2.45, 2.75) is 19.4 Å². The molecule has 0 aliphatic heterocycles. The van der Waals surface area contributed by atoms with Gasteiger partial charge in [-0.15, -0.1) is 0 Å². The van der Waals surface area contributed by atoms with Gasteiger partial charge in [-0.1, -0.05) is 49.4 Å². The van der Waals surface area contributed by atoms with Crippen LogP contribution in [-0.4, -0.2) is 15.9 Å². The van der Waals surface area contributed by atoms with Gasteiger partial charge in [0.1, 0.15) is 11.6 Å². The Kier molecular flexibility index (Phi) is 5.59. The second-order valence-electron chi connectivity index (χ2n) is 5.90. The van der Waals surface area contributed by atoms with E-state index in [4.69, 9.17) is 0 Å². The zero-order valence-electron chi connectivity index (χ0n) is 14.4. The van der Waals surface area contributed by atoms with Crippen molar-refractivity contribution in [3.63, 3.8) is 0 Å². The number of carbonyl (C=O) groups is 1. The summed E-state index contributed by atoms with van der Waals surface area (Å²) in [4.78, 5) is 19.9. The van der Waals surface area contributed by atoms with Crippen molar-refractivity contribution in [2.24, 2.45) is 0 Å². The third-order valence-corrected chi connectivity index (χ3v) is 4.03. The van der Waals surface area contributed by atoms with E-state index in [0.717, 1.165) is 22.6 Å². The summed E-state index contributed by atoms with van der Waals surface area (Å²) in [6, 6.07) is 15.7. The maximum atomic E-state index is 12.9. The first-order valence-electron chi connectivity index (χ1n) is 8.50. The fourth-order valence-corrected chi connectivity index (χ4v) is 2.61. The molecule has 0 saturated heterocycles. The number of halogens is 1. The van der Waals surface area contributed by atoms with E-state index in [0.29, 0.717) is 6.42 Å². The van der Waals surface area contributed by atoms with Crippen molar-refractivity contribution in [1.82, 2.24) is 15.3 Å². The Morgan fingerprint density at radius 1 is 1.19 bits per heavy atom. The van der Waals surface area contributed by atoms with Crippen LogP contribution < -0.4 is 5.32 Å². The van der Waals surface area contributed by atoms with Crippen molar-refractivity contribution in [3.8, 4) is 11.3 Å². The monoisotopic (exact) mass is 349 g/mol. The molecule has 5 heteroatoms. The summed E-state index contributed by atoms with van der Waals surface area (Å²) in [5.41, 5.74) is 2.72. The van der Waals surface area contributed by atoms with E-state index in [1.54, 1.807) is 24.4 Å². The lowest BCUT2D eigenvalue weighted by Gasteiger charge is -2.13. The number of hydrogen-bond acceptors (Lipinski definition) is 2. The minimum atomic E-state index is -0.301. The molecule has 0 bridgehead atoms. The smallest absolute Gasteiger partial charge is 0.244 e. The van der Waals surface area contributed by atoms with E-state index >= 15 is 0 Å². The van der Waals surface area contributed by atoms with Gasteiger partial charge in [-0.25, -0.2) is 9.37 Å². The van der Waals surface area contributed by atoms with Gasteiger partial charge < -0.3 is 10.3 Å². The van der Waals surface area contributed by atoms with Crippen LogP contribution in [0.15, 0.2) is 66.9 Å². The van der Waals surface area contributed by atoms with E-state index in [9.17, 15) is 9.18 Å². The van der Waals surface area contributed by atoms with Crippen LogP contribution in [0.4, 0.5) is 4.39 Å². The van der Waals surface area contributed by atoms with Crippen LogP contribution in [0.25, 0.3) is 17.3 Å². The van der Waals surface area contributed by atoms with E-state index < -0.39 is 0 Å². The van der Waals surface area contributed by atoms with Crippen LogP contribution in [0.5, 0.6) is 0 Å². The molecule has 1 heterocycles. The zero-order valence-corrected chi connectivity index (χ0v) is 14.4. The molecule has 0 aliphatic rings. The van der Waals surface area contributed by atoms with Crippen molar-refractivity contribution >= 4 is 12.0 Å². The Morgan fingerprint density at radius 2 is 1.92 bits per heavy atom. The molecular weight excluding hydrogens is 329 g/mol. The molecule has 0 unspecified atom stereocenters. The van der Waals surface area contributed by atoms with Crippen LogP contribution in [0.3, 0.4) is 0 Å². The number of aromatic nitrogens is 2. The summed E-state index contributed by atoms with van der Waals surface area (Å²) in [5.74, 6) is 0.193. The molecule has 1 aromatic heterocycles. The van der Waals surface area contributed by atoms with Gasteiger partial charge in [0.15, 0.2) is 0 Å².